The quantitative estimate of drug-likeness (QED) is 0.640. The van der Waals surface area contributed by atoms with Crippen molar-refractivity contribution >= 4 is 17.9 Å². The molecule has 1 atom stereocenters. The molecule has 0 bridgehead atoms. The lowest BCUT2D eigenvalue weighted by molar-refractivity contribution is -0.123. The van der Waals surface area contributed by atoms with E-state index in [0.717, 1.165) is 6.07 Å². The maximum absolute atomic E-state index is 12.2. The first kappa shape index (κ1) is 21.8. The van der Waals surface area contributed by atoms with Crippen LogP contribution in [0.5, 0.6) is 17.2 Å². The van der Waals surface area contributed by atoms with Crippen LogP contribution in [0.25, 0.3) is 0 Å². The predicted octanol–water partition coefficient (Wildman–Crippen LogP) is 2.11. The van der Waals surface area contributed by atoms with Gasteiger partial charge in [-0.15, -0.1) is 0 Å². The van der Waals surface area contributed by atoms with E-state index in [4.69, 9.17) is 14.2 Å². The second-order valence-corrected chi connectivity index (χ2v) is 6.24. The lowest BCUT2D eigenvalue weighted by atomic mass is 10.2. The van der Waals surface area contributed by atoms with Gasteiger partial charge in [-0.1, -0.05) is 18.2 Å². The van der Waals surface area contributed by atoms with Crippen molar-refractivity contribution in [3.63, 3.8) is 0 Å². The van der Waals surface area contributed by atoms with Crippen molar-refractivity contribution in [3.8, 4) is 17.2 Å². The number of nitrogens with one attached hydrogen (secondary N) is 2. The van der Waals surface area contributed by atoms with Gasteiger partial charge in [-0.05, 0) is 30.3 Å². The highest BCUT2D eigenvalue weighted by Crippen LogP contribution is 2.30. The van der Waals surface area contributed by atoms with E-state index in [1.165, 1.54) is 18.2 Å². The van der Waals surface area contributed by atoms with Crippen LogP contribution < -0.4 is 24.8 Å². The first-order valence-corrected chi connectivity index (χ1v) is 9.09. The van der Waals surface area contributed by atoms with Crippen LogP contribution in [0.2, 0.25) is 0 Å². The summed E-state index contributed by atoms with van der Waals surface area (Å²) in [4.78, 5) is 35.6. The Morgan fingerprint density at radius 2 is 1.87 bits per heavy atom. The van der Waals surface area contributed by atoms with Crippen LogP contribution in [-0.4, -0.2) is 50.4 Å². The van der Waals surface area contributed by atoms with Gasteiger partial charge in [-0.3, -0.25) is 10.1 Å². The summed E-state index contributed by atoms with van der Waals surface area (Å²) in [5.41, 5.74) is -0.0925. The minimum Gasteiger partial charge on any atom is -0.486 e. The van der Waals surface area contributed by atoms with E-state index in [9.17, 15) is 23.2 Å². The molecular formula is C20H18F2N2O7. The van der Waals surface area contributed by atoms with Gasteiger partial charge in [0.2, 0.25) is 0 Å². The van der Waals surface area contributed by atoms with E-state index in [1.54, 1.807) is 24.3 Å². The lowest BCUT2D eigenvalue weighted by Crippen LogP contribution is -2.46. The third kappa shape index (κ3) is 6.56. The van der Waals surface area contributed by atoms with E-state index in [2.05, 4.69) is 10.1 Å². The number of imide groups is 1. The molecule has 164 valence electrons. The predicted molar refractivity (Wildman–Crippen MR) is 101 cm³/mol. The highest BCUT2D eigenvalue weighted by molar-refractivity contribution is 5.97. The number of benzene rings is 2. The SMILES string of the molecule is O=C(COC(=O)c1cccc(OC(F)F)c1)NC(=O)NCC1COc2ccccc2O1. The van der Waals surface area contributed by atoms with Crippen LogP contribution in [0.3, 0.4) is 0 Å². The maximum Gasteiger partial charge on any atom is 0.387 e. The monoisotopic (exact) mass is 436 g/mol. The molecule has 0 saturated heterocycles. The molecule has 1 heterocycles. The van der Waals surface area contributed by atoms with Crippen LogP contribution in [-0.2, 0) is 9.53 Å². The number of esters is 1. The topological polar surface area (TPSA) is 112 Å². The number of carbonyl (C=O) groups excluding carboxylic acids is 3. The molecule has 0 saturated carbocycles. The third-order valence-corrected chi connectivity index (χ3v) is 3.94. The standard InChI is InChI=1S/C20H18F2N2O7/c21-19(22)31-13-5-3-4-12(8-13)18(26)29-11-17(25)24-20(27)23-9-14-10-28-15-6-1-2-7-16(15)30-14/h1-8,14,19H,9-11H2,(H2,23,24,25,27). The van der Waals surface area contributed by atoms with Crippen molar-refractivity contribution in [2.75, 3.05) is 19.8 Å². The zero-order chi connectivity index (χ0) is 22.2. The van der Waals surface area contributed by atoms with Gasteiger partial charge in [0, 0.05) is 0 Å². The number of urea groups is 1. The lowest BCUT2D eigenvalue weighted by Gasteiger charge is -2.26. The smallest absolute Gasteiger partial charge is 0.387 e. The highest BCUT2D eigenvalue weighted by atomic mass is 19.3. The Hall–Kier alpha value is -3.89. The van der Waals surface area contributed by atoms with Crippen molar-refractivity contribution in [3.05, 3.63) is 54.1 Å². The third-order valence-electron chi connectivity index (χ3n) is 3.94. The molecule has 3 amide bonds. The highest BCUT2D eigenvalue weighted by Gasteiger charge is 2.21. The van der Waals surface area contributed by atoms with Crippen molar-refractivity contribution < 1.29 is 42.1 Å². The van der Waals surface area contributed by atoms with Gasteiger partial charge in [0.15, 0.2) is 24.2 Å². The van der Waals surface area contributed by atoms with Crippen LogP contribution in [0, 0.1) is 0 Å². The Balaban J connectivity index is 1.38. The van der Waals surface area contributed by atoms with E-state index in [0.29, 0.717) is 11.5 Å². The fourth-order valence-corrected chi connectivity index (χ4v) is 2.59. The van der Waals surface area contributed by atoms with Crippen LogP contribution in [0.15, 0.2) is 48.5 Å². The Morgan fingerprint density at radius 3 is 2.65 bits per heavy atom. The Labute approximate surface area is 175 Å². The Bertz CT molecular complexity index is 955. The Kier molecular flexibility index (Phi) is 7.20. The first-order chi connectivity index (χ1) is 14.9. The summed E-state index contributed by atoms with van der Waals surface area (Å²) >= 11 is 0. The van der Waals surface area contributed by atoms with Crippen molar-refractivity contribution in [2.45, 2.75) is 12.7 Å². The first-order valence-electron chi connectivity index (χ1n) is 9.09. The van der Waals surface area contributed by atoms with Crippen molar-refractivity contribution in [1.29, 1.82) is 0 Å². The van der Waals surface area contributed by atoms with Gasteiger partial charge in [0.25, 0.3) is 5.91 Å². The van der Waals surface area contributed by atoms with Crippen LogP contribution in [0.1, 0.15) is 10.4 Å². The van der Waals surface area contributed by atoms with Crippen molar-refractivity contribution in [2.24, 2.45) is 0 Å². The zero-order valence-corrected chi connectivity index (χ0v) is 16.0. The molecule has 0 fully saturated rings. The molecule has 0 spiro atoms. The average molecular weight is 436 g/mol. The van der Waals surface area contributed by atoms with Gasteiger partial charge in [-0.25, -0.2) is 9.59 Å². The number of halogens is 2. The minimum absolute atomic E-state index is 0.0736. The fraction of sp³-hybridized carbons (Fsp3) is 0.250. The summed E-state index contributed by atoms with van der Waals surface area (Å²) < 4.78 is 44.6. The summed E-state index contributed by atoms with van der Waals surface area (Å²) in [5.74, 6) is -0.901. The molecule has 2 aromatic carbocycles. The Morgan fingerprint density at radius 1 is 1.10 bits per heavy atom. The van der Waals surface area contributed by atoms with Crippen LogP contribution in [0.4, 0.5) is 13.6 Å². The normalized spacial score (nSPS) is 14.5. The van der Waals surface area contributed by atoms with E-state index >= 15 is 0 Å². The summed E-state index contributed by atoms with van der Waals surface area (Å²) in [6.45, 7) is -3.50. The maximum atomic E-state index is 12.2. The number of alkyl halides is 2. The second kappa shape index (κ2) is 10.2. The van der Waals surface area contributed by atoms with Gasteiger partial charge in [0.05, 0.1) is 12.1 Å². The molecule has 9 nitrogen and oxygen atoms in total. The van der Waals surface area contributed by atoms with Gasteiger partial charge >= 0.3 is 18.6 Å². The molecule has 0 aliphatic carbocycles. The largest absolute Gasteiger partial charge is 0.486 e. The second-order valence-electron chi connectivity index (χ2n) is 6.24. The van der Waals surface area contributed by atoms with Gasteiger partial charge in [0.1, 0.15) is 12.4 Å². The molecule has 3 rings (SSSR count). The molecule has 2 N–H and O–H groups in total. The molecular weight excluding hydrogens is 418 g/mol. The molecule has 31 heavy (non-hydrogen) atoms. The van der Waals surface area contributed by atoms with E-state index in [1.807, 2.05) is 5.32 Å². The van der Waals surface area contributed by atoms with Crippen LogP contribution >= 0.6 is 0 Å². The number of para-hydroxylation sites is 2. The average Bonchev–Trinajstić information content (AvgIpc) is 2.75. The number of hydrogen-bond donors (Lipinski definition) is 2. The number of fused-ring (bicyclic) bond motifs is 1. The van der Waals surface area contributed by atoms with E-state index < -0.39 is 37.2 Å². The molecule has 1 unspecified atom stereocenters. The molecule has 1 aliphatic rings. The van der Waals surface area contributed by atoms with Gasteiger partial charge < -0.3 is 24.3 Å². The number of amides is 3. The molecule has 2 aromatic rings. The number of ether oxygens (including phenoxy) is 4. The summed E-state index contributed by atoms with van der Waals surface area (Å²) in [5, 5.41) is 4.45. The molecule has 1 aliphatic heterocycles. The minimum atomic E-state index is -3.05. The van der Waals surface area contributed by atoms with Crippen molar-refractivity contribution in [1.82, 2.24) is 10.6 Å². The molecule has 11 heteroatoms. The summed E-state index contributed by atoms with van der Waals surface area (Å²) in [7, 11) is 0. The van der Waals surface area contributed by atoms with Gasteiger partial charge in [-0.2, -0.15) is 8.78 Å². The number of hydrogen-bond acceptors (Lipinski definition) is 7. The summed E-state index contributed by atoms with van der Waals surface area (Å²) in [6, 6.07) is 11.2. The van der Waals surface area contributed by atoms with E-state index in [-0.39, 0.29) is 24.5 Å². The number of carbonyl (C=O) groups is 3. The fourth-order valence-electron chi connectivity index (χ4n) is 2.59. The number of rotatable bonds is 7. The summed E-state index contributed by atoms with van der Waals surface area (Å²) in [6.07, 6.45) is -0.448. The molecule has 0 radical (unpaired) electrons. The zero-order valence-electron chi connectivity index (χ0n) is 16.0. The molecule has 0 aromatic heterocycles.